The average Bonchev–Trinajstić information content (AvgIpc) is 2.53. The highest BCUT2D eigenvalue weighted by Crippen LogP contribution is 2.04. The third-order valence-corrected chi connectivity index (χ3v) is 3.26. The van der Waals surface area contributed by atoms with Gasteiger partial charge in [-0.2, -0.15) is 0 Å². The van der Waals surface area contributed by atoms with E-state index in [2.05, 4.69) is 22.9 Å². The Morgan fingerprint density at radius 3 is 2.39 bits per heavy atom. The molecule has 0 bridgehead atoms. The Balaban J connectivity index is 2.26. The minimum atomic E-state index is -0.659. The van der Waals surface area contributed by atoms with Gasteiger partial charge in [0.1, 0.15) is 6.04 Å². The van der Waals surface area contributed by atoms with Crippen LogP contribution in [0.25, 0.3) is 0 Å². The van der Waals surface area contributed by atoms with Crippen LogP contribution in [-0.2, 0) is 14.4 Å². The number of rotatable bonds is 9. The van der Waals surface area contributed by atoms with E-state index in [9.17, 15) is 14.4 Å². The predicted octanol–water partition coefficient (Wildman–Crippen LogP) is 1.83. The summed E-state index contributed by atoms with van der Waals surface area (Å²) in [6.45, 7) is 3.53. The van der Waals surface area contributed by atoms with E-state index >= 15 is 0 Å². The molecule has 23 heavy (non-hydrogen) atoms. The average molecular weight is 319 g/mol. The first-order chi connectivity index (χ1) is 11.0. The van der Waals surface area contributed by atoms with Crippen molar-refractivity contribution in [1.29, 1.82) is 0 Å². The van der Waals surface area contributed by atoms with E-state index < -0.39 is 6.04 Å². The minimum Gasteiger partial charge on any atom is -0.345 e. The Morgan fingerprint density at radius 1 is 1.04 bits per heavy atom. The van der Waals surface area contributed by atoms with Crippen LogP contribution < -0.4 is 16.0 Å². The van der Waals surface area contributed by atoms with Crippen LogP contribution in [0.4, 0.5) is 5.69 Å². The van der Waals surface area contributed by atoms with Crippen molar-refractivity contribution in [2.75, 3.05) is 11.9 Å². The summed E-state index contributed by atoms with van der Waals surface area (Å²) in [5, 5.41) is 7.81. The largest absolute Gasteiger partial charge is 0.345 e. The summed E-state index contributed by atoms with van der Waals surface area (Å²) in [5.74, 6) is -0.835. The fraction of sp³-hybridized carbons (Fsp3) is 0.471. The van der Waals surface area contributed by atoms with Gasteiger partial charge < -0.3 is 16.0 Å². The Labute approximate surface area is 137 Å². The summed E-state index contributed by atoms with van der Waals surface area (Å²) in [5.41, 5.74) is 0.670. The third kappa shape index (κ3) is 7.99. The normalized spacial score (nSPS) is 11.4. The maximum Gasteiger partial charge on any atom is 0.243 e. The summed E-state index contributed by atoms with van der Waals surface area (Å²) in [6.07, 6.45) is 3.27. The zero-order valence-corrected chi connectivity index (χ0v) is 13.7. The summed E-state index contributed by atoms with van der Waals surface area (Å²) < 4.78 is 0. The number of amides is 3. The van der Waals surface area contributed by atoms with Crippen LogP contribution in [0.2, 0.25) is 0 Å². The van der Waals surface area contributed by atoms with Crippen molar-refractivity contribution in [3.63, 3.8) is 0 Å². The summed E-state index contributed by atoms with van der Waals surface area (Å²) in [4.78, 5) is 35.2. The van der Waals surface area contributed by atoms with Gasteiger partial charge in [0, 0.05) is 12.1 Å². The molecule has 1 aromatic carbocycles. The van der Waals surface area contributed by atoms with Gasteiger partial charge in [0.15, 0.2) is 0 Å². The van der Waals surface area contributed by atoms with Crippen molar-refractivity contribution in [3.8, 4) is 0 Å². The van der Waals surface area contributed by atoms with Crippen molar-refractivity contribution < 1.29 is 14.4 Å². The van der Waals surface area contributed by atoms with Gasteiger partial charge in [0.05, 0.1) is 6.54 Å². The van der Waals surface area contributed by atoms with Gasteiger partial charge in [-0.05, 0) is 25.5 Å². The van der Waals surface area contributed by atoms with Crippen LogP contribution >= 0.6 is 0 Å². The molecule has 0 saturated heterocycles. The number of carbonyl (C=O) groups excluding carboxylic acids is 3. The molecule has 3 amide bonds. The maximum absolute atomic E-state index is 11.9. The highest BCUT2D eigenvalue weighted by molar-refractivity contribution is 5.95. The lowest BCUT2D eigenvalue weighted by Gasteiger charge is -2.14. The Hall–Kier alpha value is -2.37. The van der Waals surface area contributed by atoms with E-state index in [-0.39, 0.29) is 24.3 Å². The number of carbonyl (C=O) groups is 3. The lowest BCUT2D eigenvalue weighted by Crippen LogP contribution is -2.46. The molecule has 0 aliphatic carbocycles. The number of para-hydroxylation sites is 1. The summed E-state index contributed by atoms with van der Waals surface area (Å²) in [7, 11) is 0. The van der Waals surface area contributed by atoms with Crippen LogP contribution in [0.5, 0.6) is 0 Å². The summed E-state index contributed by atoms with van der Waals surface area (Å²) in [6, 6.07) is 8.34. The molecule has 1 aromatic rings. The molecule has 0 saturated carbocycles. The lowest BCUT2D eigenvalue weighted by molar-refractivity contribution is -0.129. The molecule has 1 atom stereocenters. The molecule has 0 radical (unpaired) electrons. The monoisotopic (exact) mass is 319 g/mol. The molecule has 0 aliphatic rings. The summed E-state index contributed by atoms with van der Waals surface area (Å²) >= 11 is 0. The quantitative estimate of drug-likeness (QED) is 0.607. The molecule has 0 spiro atoms. The standard InChI is InChI=1S/C17H25N3O3/c1-3-4-6-11-15(21)19-13(2)17(23)18-12-16(22)20-14-9-7-5-8-10-14/h5,7-10,13H,3-4,6,11-12H2,1-2H3,(H,18,23)(H,19,21)(H,20,22)/t13-/m0/s1. The van der Waals surface area contributed by atoms with Gasteiger partial charge in [0.2, 0.25) is 17.7 Å². The highest BCUT2D eigenvalue weighted by atomic mass is 16.2. The van der Waals surface area contributed by atoms with Crippen molar-refractivity contribution in [2.45, 2.75) is 45.6 Å². The van der Waals surface area contributed by atoms with E-state index in [4.69, 9.17) is 0 Å². The van der Waals surface area contributed by atoms with Crippen LogP contribution in [0.1, 0.15) is 39.5 Å². The molecule has 3 N–H and O–H groups in total. The first-order valence-corrected chi connectivity index (χ1v) is 7.95. The molecule has 0 aromatic heterocycles. The first kappa shape index (κ1) is 18.7. The molecule has 6 heteroatoms. The topological polar surface area (TPSA) is 87.3 Å². The minimum absolute atomic E-state index is 0.135. The Kier molecular flexibility index (Phi) is 8.42. The number of hydrogen-bond acceptors (Lipinski definition) is 3. The van der Waals surface area contributed by atoms with E-state index in [0.29, 0.717) is 12.1 Å². The number of nitrogens with one attached hydrogen (secondary N) is 3. The second-order valence-electron chi connectivity index (χ2n) is 5.38. The highest BCUT2D eigenvalue weighted by Gasteiger charge is 2.15. The van der Waals surface area contributed by atoms with Gasteiger partial charge in [-0.15, -0.1) is 0 Å². The van der Waals surface area contributed by atoms with Gasteiger partial charge in [-0.25, -0.2) is 0 Å². The second kappa shape index (κ2) is 10.4. The van der Waals surface area contributed by atoms with Crippen LogP contribution in [-0.4, -0.2) is 30.3 Å². The van der Waals surface area contributed by atoms with Gasteiger partial charge in [-0.1, -0.05) is 38.0 Å². The number of unbranched alkanes of at least 4 members (excludes halogenated alkanes) is 2. The molecule has 6 nitrogen and oxygen atoms in total. The fourth-order valence-corrected chi connectivity index (χ4v) is 1.96. The van der Waals surface area contributed by atoms with Gasteiger partial charge in [0.25, 0.3) is 0 Å². The zero-order chi connectivity index (χ0) is 17.1. The van der Waals surface area contributed by atoms with Crippen molar-refractivity contribution in [2.24, 2.45) is 0 Å². The van der Waals surface area contributed by atoms with Gasteiger partial charge >= 0.3 is 0 Å². The smallest absolute Gasteiger partial charge is 0.243 e. The van der Waals surface area contributed by atoms with Crippen molar-refractivity contribution >= 4 is 23.4 Å². The molecule has 0 fully saturated rings. The van der Waals surface area contributed by atoms with Crippen LogP contribution in [0.15, 0.2) is 30.3 Å². The SMILES string of the molecule is CCCCCC(=O)N[C@@H](C)C(=O)NCC(=O)Nc1ccccc1. The first-order valence-electron chi connectivity index (χ1n) is 7.95. The molecule has 0 unspecified atom stereocenters. The van der Waals surface area contributed by atoms with Gasteiger partial charge in [-0.3, -0.25) is 14.4 Å². The maximum atomic E-state index is 11.9. The number of anilines is 1. The van der Waals surface area contributed by atoms with Crippen molar-refractivity contribution in [1.82, 2.24) is 10.6 Å². The van der Waals surface area contributed by atoms with Crippen molar-refractivity contribution in [3.05, 3.63) is 30.3 Å². The molecule has 0 heterocycles. The zero-order valence-electron chi connectivity index (χ0n) is 13.7. The predicted molar refractivity (Wildman–Crippen MR) is 89.8 cm³/mol. The van der Waals surface area contributed by atoms with E-state index in [1.807, 2.05) is 18.2 Å². The Bertz CT molecular complexity index is 517. The van der Waals surface area contributed by atoms with E-state index in [1.54, 1.807) is 19.1 Å². The number of hydrogen-bond donors (Lipinski definition) is 3. The van der Waals surface area contributed by atoms with E-state index in [0.717, 1.165) is 19.3 Å². The molecular weight excluding hydrogens is 294 g/mol. The Morgan fingerprint density at radius 2 is 1.74 bits per heavy atom. The lowest BCUT2D eigenvalue weighted by atomic mass is 10.2. The second-order valence-corrected chi connectivity index (χ2v) is 5.38. The van der Waals surface area contributed by atoms with E-state index in [1.165, 1.54) is 0 Å². The fourth-order valence-electron chi connectivity index (χ4n) is 1.96. The molecule has 0 aliphatic heterocycles. The van der Waals surface area contributed by atoms with Crippen LogP contribution in [0, 0.1) is 0 Å². The van der Waals surface area contributed by atoms with Crippen LogP contribution in [0.3, 0.4) is 0 Å². The molecule has 126 valence electrons. The number of benzene rings is 1. The molecule has 1 rings (SSSR count). The third-order valence-electron chi connectivity index (χ3n) is 3.26. The molecular formula is C17H25N3O3.